The van der Waals surface area contributed by atoms with E-state index in [9.17, 15) is 15.0 Å². The predicted molar refractivity (Wildman–Crippen MR) is 69.9 cm³/mol. The molecule has 0 spiro atoms. The van der Waals surface area contributed by atoms with Gasteiger partial charge in [0.05, 0.1) is 11.7 Å². The number of aliphatic hydroxyl groups is 2. The van der Waals surface area contributed by atoms with Crippen molar-refractivity contribution in [1.29, 1.82) is 0 Å². The van der Waals surface area contributed by atoms with Crippen LogP contribution in [-0.2, 0) is 4.79 Å². The Bertz CT molecular complexity index is 380. The fourth-order valence-corrected chi connectivity index (χ4v) is 3.59. The molecule has 2 rings (SSSR count). The lowest BCUT2D eigenvalue weighted by molar-refractivity contribution is -0.133. The van der Waals surface area contributed by atoms with Crippen LogP contribution in [-0.4, -0.2) is 27.7 Å². The van der Waals surface area contributed by atoms with E-state index in [0.717, 1.165) is 6.42 Å². The highest BCUT2D eigenvalue weighted by Gasteiger charge is 2.52. The second-order valence-electron chi connectivity index (χ2n) is 6.83. The van der Waals surface area contributed by atoms with Crippen molar-refractivity contribution in [2.24, 2.45) is 23.2 Å². The van der Waals surface area contributed by atoms with Crippen molar-refractivity contribution >= 4 is 5.78 Å². The molecule has 3 heteroatoms. The Morgan fingerprint density at radius 3 is 2.56 bits per heavy atom. The third kappa shape index (κ3) is 2.04. The van der Waals surface area contributed by atoms with E-state index in [1.165, 1.54) is 0 Å². The number of rotatable bonds is 1. The molecule has 0 saturated heterocycles. The number of fused-ring (bicyclic) bond motifs is 1. The van der Waals surface area contributed by atoms with E-state index in [4.69, 9.17) is 0 Å². The summed E-state index contributed by atoms with van der Waals surface area (Å²) >= 11 is 0. The second kappa shape index (κ2) is 4.17. The fourth-order valence-electron chi connectivity index (χ4n) is 3.59. The van der Waals surface area contributed by atoms with Gasteiger partial charge in [-0.05, 0) is 44.6 Å². The van der Waals surface area contributed by atoms with E-state index in [2.05, 4.69) is 0 Å². The molecular formula is C15H24O3. The van der Waals surface area contributed by atoms with Gasteiger partial charge in [0, 0.05) is 11.3 Å². The van der Waals surface area contributed by atoms with Gasteiger partial charge in [-0.2, -0.15) is 0 Å². The van der Waals surface area contributed by atoms with Crippen molar-refractivity contribution in [3.63, 3.8) is 0 Å². The van der Waals surface area contributed by atoms with E-state index < -0.39 is 11.7 Å². The van der Waals surface area contributed by atoms with Crippen LogP contribution in [0.5, 0.6) is 0 Å². The average molecular weight is 252 g/mol. The number of ketones is 1. The number of aliphatic hydroxyl groups excluding tert-OH is 1. The predicted octanol–water partition coefficient (Wildman–Crippen LogP) is 1.93. The van der Waals surface area contributed by atoms with Crippen molar-refractivity contribution in [2.45, 2.75) is 52.2 Å². The Kier molecular flexibility index (Phi) is 3.19. The Balaban J connectivity index is 2.33. The lowest BCUT2D eigenvalue weighted by Crippen LogP contribution is -2.53. The molecule has 0 aromatic heterocycles. The first-order valence-electron chi connectivity index (χ1n) is 6.79. The molecule has 2 aliphatic carbocycles. The highest BCUT2D eigenvalue weighted by molar-refractivity contribution is 5.92. The molecule has 0 radical (unpaired) electrons. The van der Waals surface area contributed by atoms with Gasteiger partial charge < -0.3 is 10.2 Å². The molecule has 0 aromatic carbocycles. The van der Waals surface area contributed by atoms with Gasteiger partial charge in [0.15, 0.2) is 5.78 Å². The van der Waals surface area contributed by atoms with Gasteiger partial charge in [-0.3, -0.25) is 4.79 Å². The molecule has 0 bridgehead atoms. The molecule has 0 amide bonds. The van der Waals surface area contributed by atoms with Gasteiger partial charge in [0.2, 0.25) is 0 Å². The molecule has 0 aromatic rings. The number of hydrogen-bond acceptors (Lipinski definition) is 3. The summed E-state index contributed by atoms with van der Waals surface area (Å²) in [5.41, 5.74) is -1.12. The van der Waals surface area contributed by atoms with E-state index in [1.807, 2.05) is 19.9 Å². The minimum Gasteiger partial charge on any atom is -0.392 e. The summed E-state index contributed by atoms with van der Waals surface area (Å²) in [6.07, 6.45) is 4.41. The van der Waals surface area contributed by atoms with Crippen molar-refractivity contribution in [1.82, 2.24) is 0 Å². The summed E-state index contributed by atoms with van der Waals surface area (Å²) in [5, 5.41) is 20.6. The number of allylic oxidation sites excluding steroid dienone is 1. The minimum atomic E-state index is -0.799. The average Bonchev–Trinajstić information content (AvgIpc) is 2.25. The van der Waals surface area contributed by atoms with Crippen LogP contribution < -0.4 is 0 Å². The Labute approximate surface area is 109 Å². The highest BCUT2D eigenvalue weighted by Crippen LogP contribution is 2.52. The van der Waals surface area contributed by atoms with Crippen LogP contribution in [0, 0.1) is 23.2 Å². The van der Waals surface area contributed by atoms with Crippen LogP contribution in [0.3, 0.4) is 0 Å². The number of carbonyl (C=O) groups is 1. The fraction of sp³-hybridized carbons (Fsp3) is 0.800. The summed E-state index contributed by atoms with van der Waals surface area (Å²) in [6, 6.07) is 0. The summed E-state index contributed by atoms with van der Waals surface area (Å²) in [6.45, 7) is 7.55. The van der Waals surface area contributed by atoms with Crippen molar-refractivity contribution in [3.05, 3.63) is 12.2 Å². The molecule has 102 valence electrons. The van der Waals surface area contributed by atoms with Gasteiger partial charge >= 0.3 is 0 Å². The Morgan fingerprint density at radius 1 is 1.39 bits per heavy atom. The zero-order chi connectivity index (χ0) is 13.7. The van der Waals surface area contributed by atoms with Crippen molar-refractivity contribution < 1.29 is 15.0 Å². The van der Waals surface area contributed by atoms with Crippen LogP contribution in [0.2, 0.25) is 0 Å². The van der Waals surface area contributed by atoms with Crippen LogP contribution in [0.4, 0.5) is 0 Å². The third-order valence-corrected chi connectivity index (χ3v) is 5.22. The first kappa shape index (κ1) is 13.8. The van der Waals surface area contributed by atoms with E-state index >= 15 is 0 Å². The van der Waals surface area contributed by atoms with Crippen LogP contribution in [0.15, 0.2) is 12.2 Å². The van der Waals surface area contributed by atoms with Crippen molar-refractivity contribution in [2.75, 3.05) is 0 Å². The van der Waals surface area contributed by atoms with Gasteiger partial charge in [0.25, 0.3) is 0 Å². The van der Waals surface area contributed by atoms with Crippen LogP contribution >= 0.6 is 0 Å². The van der Waals surface area contributed by atoms with E-state index in [-0.39, 0.29) is 29.0 Å². The molecule has 3 nitrogen and oxygen atoms in total. The molecule has 2 N–H and O–H groups in total. The zero-order valence-electron chi connectivity index (χ0n) is 11.7. The molecular weight excluding hydrogens is 228 g/mol. The largest absolute Gasteiger partial charge is 0.392 e. The maximum Gasteiger partial charge on any atom is 0.158 e. The number of carbonyl (C=O) groups excluding carboxylic acids is 1. The van der Waals surface area contributed by atoms with Crippen LogP contribution in [0.1, 0.15) is 40.5 Å². The maximum atomic E-state index is 11.8. The third-order valence-electron chi connectivity index (χ3n) is 5.22. The van der Waals surface area contributed by atoms with Gasteiger partial charge in [-0.1, -0.05) is 19.9 Å². The standard InChI is InChI=1S/C15H24O3/c1-9-11-7-10(14(2,3)18)8-13(17)15(11,4)6-5-12(9)16/h5-6,9-11,13,17-18H,7-8H2,1-4H3. The first-order valence-corrected chi connectivity index (χ1v) is 6.79. The van der Waals surface area contributed by atoms with E-state index in [1.54, 1.807) is 19.9 Å². The molecule has 2 aliphatic rings. The normalized spacial score (nSPS) is 44.9. The lowest BCUT2D eigenvalue weighted by Gasteiger charge is -2.52. The number of hydrogen-bond donors (Lipinski definition) is 2. The Hall–Kier alpha value is -0.670. The molecule has 5 unspecified atom stereocenters. The molecule has 1 saturated carbocycles. The topological polar surface area (TPSA) is 57.5 Å². The maximum absolute atomic E-state index is 11.8. The smallest absolute Gasteiger partial charge is 0.158 e. The molecule has 5 atom stereocenters. The summed E-state index contributed by atoms with van der Waals surface area (Å²) < 4.78 is 0. The summed E-state index contributed by atoms with van der Waals surface area (Å²) in [5.74, 6) is 0.239. The van der Waals surface area contributed by atoms with Gasteiger partial charge in [-0.25, -0.2) is 0 Å². The van der Waals surface area contributed by atoms with Gasteiger partial charge in [-0.15, -0.1) is 0 Å². The zero-order valence-corrected chi connectivity index (χ0v) is 11.7. The lowest BCUT2D eigenvalue weighted by atomic mass is 9.54. The quantitative estimate of drug-likeness (QED) is 0.749. The Morgan fingerprint density at radius 2 is 2.00 bits per heavy atom. The summed E-state index contributed by atoms with van der Waals surface area (Å²) in [7, 11) is 0. The van der Waals surface area contributed by atoms with Crippen molar-refractivity contribution in [3.8, 4) is 0 Å². The molecule has 1 fully saturated rings. The monoisotopic (exact) mass is 252 g/mol. The minimum absolute atomic E-state index is 0.0484. The van der Waals surface area contributed by atoms with Gasteiger partial charge in [0.1, 0.15) is 0 Å². The first-order chi connectivity index (χ1) is 8.16. The molecule has 18 heavy (non-hydrogen) atoms. The highest BCUT2D eigenvalue weighted by atomic mass is 16.3. The molecule has 0 heterocycles. The van der Waals surface area contributed by atoms with Crippen LogP contribution in [0.25, 0.3) is 0 Å². The molecule has 0 aliphatic heterocycles. The second-order valence-corrected chi connectivity index (χ2v) is 6.83. The SMILES string of the molecule is CC1C(=O)C=CC2(C)C(O)CC(C(C)(C)O)CC12. The van der Waals surface area contributed by atoms with E-state index in [0.29, 0.717) is 6.42 Å². The summed E-state index contributed by atoms with van der Waals surface area (Å²) in [4.78, 5) is 11.8.